The molecule has 2 bridgehead atoms. The third-order valence-electron chi connectivity index (χ3n) is 6.09. The molecule has 0 radical (unpaired) electrons. The number of hydrogen-bond donors (Lipinski definition) is 0. The summed E-state index contributed by atoms with van der Waals surface area (Å²) in [6.45, 7) is 7.70. The van der Waals surface area contributed by atoms with E-state index >= 15 is 0 Å². The molecule has 0 aromatic heterocycles. The van der Waals surface area contributed by atoms with Crippen molar-refractivity contribution in [3.8, 4) is 0 Å². The quantitative estimate of drug-likeness (QED) is 0.647. The second kappa shape index (κ2) is 6.91. The van der Waals surface area contributed by atoms with Gasteiger partial charge in [-0.1, -0.05) is 36.4 Å². The topological polar surface area (TPSA) is 46.6 Å². The Morgan fingerprint density at radius 1 is 1.00 bits per heavy atom. The zero-order valence-electron chi connectivity index (χ0n) is 17.2. The molecule has 28 heavy (non-hydrogen) atoms. The number of carbonyl (C=O) groups excluding carboxylic acids is 2. The van der Waals surface area contributed by atoms with E-state index in [1.165, 1.54) is 0 Å². The fourth-order valence-electron chi connectivity index (χ4n) is 4.92. The van der Waals surface area contributed by atoms with Crippen molar-refractivity contribution in [3.63, 3.8) is 0 Å². The van der Waals surface area contributed by atoms with E-state index in [9.17, 15) is 9.59 Å². The first-order valence-corrected chi connectivity index (χ1v) is 10.3. The van der Waals surface area contributed by atoms with Gasteiger partial charge in [-0.3, -0.25) is 4.79 Å². The van der Waals surface area contributed by atoms with Crippen molar-refractivity contribution >= 4 is 22.6 Å². The van der Waals surface area contributed by atoms with Crippen molar-refractivity contribution in [1.29, 1.82) is 0 Å². The fourth-order valence-corrected chi connectivity index (χ4v) is 4.92. The highest BCUT2D eigenvalue weighted by atomic mass is 16.6. The Morgan fingerprint density at radius 2 is 1.64 bits per heavy atom. The Bertz CT molecular complexity index is 913. The van der Waals surface area contributed by atoms with Crippen molar-refractivity contribution in [2.24, 2.45) is 5.92 Å². The van der Waals surface area contributed by atoms with Gasteiger partial charge in [0.15, 0.2) is 5.78 Å². The van der Waals surface area contributed by atoms with Gasteiger partial charge in [0, 0.05) is 23.6 Å². The first-order chi connectivity index (χ1) is 13.2. The number of piperidine rings is 1. The number of fused-ring (bicyclic) bond motifs is 3. The Balaban J connectivity index is 1.58. The molecule has 1 amide bonds. The van der Waals surface area contributed by atoms with Crippen LogP contribution in [0.1, 0.15) is 62.4 Å². The number of carbonyl (C=O) groups is 2. The number of hydrogen-bond acceptors (Lipinski definition) is 3. The van der Waals surface area contributed by atoms with Gasteiger partial charge in [-0.25, -0.2) is 4.79 Å². The van der Waals surface area contributed by atoms with Crippen LogP contribution in [0, 0.1) is 12.8 Å². The maximum atomic E-state index is 13.5. The Kier molecular flexibility index (Phi) is 4.68. The predicted molar refractivity (Wildman–Crippen MR) is 111 cm³/mol. The predicted octanol–water partition coefficient (Wildman–Crippen LogP) is 5.51. The van der Waals surface area contributed by atoms with Crippen LogP contribution in [0.25, 0.3) is 10.8 Å². The molecular formula is C24H29NO3. The largest absolute Gasteiger partial charge is 0.444 e. The lowest BCUT2D eigenvalue weighted by atomic mass is 9.82. The summed E-state index contributed by atoms with van der Waals surface area (Å²) in [4.78, 5) is 28.1. The summed E-state index contributed by atoms with van der Waals surface area (Å²) in [5, 5.41) is 2.14. The Labute approximate surface area is 166 Å². The van der Waals surface area contributed by atoms with E-state index < -0.39 is 5.60 Å². The van der Waals surface area contributed by atoms with Crippen LogP contribution in [0.3, 0.4) is 0 Å². The van der Waals surface area contributed by atoms with E-state index in [0.717, 1.165) is 47.6 Å². The molecule has 2 heterocycles. The van der Waals surface area contributed by atoms with E-state index in [0.29, 0.717) is 0 Å². The molecular weight excluding hydrogens is 350 g/mol. The molecule has 2 saturated heterocycles. The Hall–Kier alpha value is -2.36. The minimum Gasteiger partial charge on any atom is -0.444 e. The average Bonchev–Trinajstić information content (AvgIpc) is 2.90. The van der Waals surface area contributed by atoms with Gasteiger partial charge in [-0.2, -0.15) is 0 Å². The van der Waals surface area contributed by atoms with Gasteiger partial charge in [0.05, 0.1) is 0 Å². The van der Waals surface area contributed by atoms with E-state index in [1.807, 2.05) is 56.9 Å². The van der Waals surface area contributed by atoms with E-state index in [-0.39, 0.29) is 29.9 Å². The van der Waals surface area contributed by atoms with Gasteiger partial charge in [0.2, 0.25) is 0 Å². The molecule has 2 aliphatic rings. The van der Waals surface area contributed by atoms with Crippen LogP contribution in [0.5, 0.6) is 0 Å². The number of Topliss-reactive ketones (excluding diaryl/α,β-unsaturated/α-hetero) is 1. The number of aryl methyl sites for hydroxylation is 1. The summed E-state index contributed by atoms with van der Waals surface area (Å²) in [5.41, 5.74) is 1.39. The maximum absolute atomic E-state index is 13.5. The zero-order chi connectivity index (χ0) is 20.1. The van der Waals surface area contributed by atoms with Crippen LogP contribution in [-0.4, -0.2) is 34.5 Å². The number of rotatable bonds is 2. The van der Waals surface area contributed by atoms with Gasteiger partial charge in [0.25, 0.3) is 0 Å². The first-order valence-electron chi connectivity index (χ1n) is 10.3. The second-order valence-corrected chi connectivity index (χ2v) is 9.28. The van der Waals surface area contributed by atoms with Crippen molar-refractivity contribution in [2.45, 2.75) is 71.1 Å². The van der Waals surface area contributed by atoms with Crippen molar-refractivity contribution in [3.05, 3.63) is 47.5 Å². The van der Waals surface area contributed by atoms with Crippen LogP contribution in [-0.2, 0) is 4.74 Å². The normalized spacial score (nSPS) is 24.4. The lowest BCUT2D eigenvalue weighted by Gasteiger charge is -2.39. The second-order valence-electron chi connectivity index (χ2n) is 9.28. The molecule has 2 aromatic rings. The number of nitrogens with zero attached hydrogens (tertiary/aromatic N) is 1. The summed E-state index contributed by atoms with van der Waals surface area (Å²) in [5.74, 6) is 0.204. The minimum atomic E-state index is -0.497. The van der Waals surface area contributed by atoms with Crippen LogP contribution >= 0.6 is 0 Å². The third kappa shape index (κ3) is 3.41. The number of benzene rings is 2. The van der Waals surface area contributed by atoms with Gasteiger partial charge in [0.1, 0.15) is 5.60 Å². The highest BCUT2D eigenvalue weighted by Gasteiger charge is 2.46. The molecule has 2 fully saturated rings. The molecule has 0 N–H and O–H groups in total. The van der Waals surface area contributed by atoms with Crippen LogP contribution < -0.4 is 0 Å². The maximum Gasteiger partial charge on any atom is 0.410 e. The molecule has 2 aliphatic heterocycles. The average molecular weight is 380 g/mol. The first kappa shape index (κ1) is 19.0. The van der Waals surface area contributed by atoms with E-state index in [2.05, 4.69) is 12.1 Å². The molecule has 0 saturated carbocycles. The summed E-state index contributed by atoms with van der Waals surface area (Å²) in [6, 6.07) is 12.4. The highest BCUT2D eigenvalue weighted by molar-refractivity contribution is 6.10. The number of ketones is 1. The molecule has 0 spiro atoms. The molecule has 4 heteroatoms. The lowest BCUT2D eigenvalue weighted by molar-refractivity contribution is 0.00254. The molecule has 4 rings (SSSR count). The van der Waals surface area contributed by atoms with E-state index in [1.54, 1.807) is 0 Å². The summed E-state index contributed by atoms with van der Waals surface area (Å²) < 4.78 is 5.62. The Morgan fingerprint density at radius 3 is 2.29 bits per heavy atom. The van der Waals surface area contributed by atoms with Gasteiger partial charge in [-0.15, -0.1) is 0 Å². The lowest BCUT2D eigenvalue weighted by Crippen LogP contribution is -2.49. The van der Waals surface area contributed by atoms with Gasteiger partial charge >= 0.3 is 6.09 Å². The summed E-state index contributed by atoms with van der Waals surface area (Å²) >= 11 is 0. The highest BCUT2D eigenvalue weighted by Crippen LogP contribution is 2.41. The fraction of sp³-hybridized carbons (Fsp3) is 0.500. The van der Waals surface area contributed by atoms with Crippen LogP contribution in [0.15, 0.2) is 36.4 Å². The molecule has 2 atom stereocenters. The summed E-state index contributed by atoms with van der Waals surface area (Å²) in [6.07, 6.45) is 3.16. The summed E-state index contributed by atoms with van der Waals surface area (Å²) in [7, 11) is 0. The minimum absolute atomic E-state index is 0.0271. The van der Waals surface area contributed by atoms with Crippen molar-refractivity contribution in [1.82, 2.24) is 4.90 Å². The smallest absolute Gasteiger partial charge is 0.410 e. The van der Waals surface area contributed by atoms with Crippen LogP contribution in [0.4, 0.5) is 4.79 Å². The number of ether oxygens (including phenoxy) is 1. The van der Waals surface area contributed by atoms with Gasteiger partial charge in [-0.05, 0) is 69.7 Å². The zero-order valence-corrected chi connectivity index (χ0v) is 17.2. The van der Waals surface area contributed by atoms with Crippen molar-refractivity contribution < 1.29 is 14.3 Å². The van der Waals surface area contributed by atoms with Crippen molar-refractivity contribution in [2.75, 3.05) is 0 Å². The molecule has 0 aliphatic carbocycles. The monoisotopic (exact) mass is 379 g/mol. The SMILES string of the molecule is Cc1ccc2ccccc2c1C(=O)C1CC2CCC(C1)N2C(=O)OC(C)(C)C. The number of amides is 1. The van der Waals surface area contributed by atoms with E-state index in [4.69, 9.17) is 4.74 Å². The molecule has 2 aromatic carbocycles. The molecule has 148 valence electrons. The molecule has 2 unspecified atom stereocenters. The molecule has 4 nitrogen and oxygen atoms in total. The third-order valence-corrected chi connectivity index (χ3v) is 6.09. The van der Waals surface area contributed by atoms with Gasteiger partial charge < -0.3 is 9.64 Å². The van der Waals surface area contributed by atoms with Crippen LogP contribution in [0.2, 0.25) is 0 Å². The standard InChI is InChI=1S/C24H29NO3/c1-15-9-10-16-7-5-6-8-20(16)21(15)22(26)17-13-18-11-12-19(14-17)25(18)23(27)28-24(2,3)4/h5-10,17-19H,11-14H2,1-4H3.